The van der Waals surface area contributed by atoms with E-state index in [0.717, 1.165) is 19.3 Å². The fourth-order valence-corrected chi connectivity index (χ4v) is 2.17. The summed E-state index contributed by atoms with van der Waals surface area (Å²) in [4.78, 5) is 0. The van der Waals surface area contributed by atoms with Gasteiger partial charge in [0, 0.05) is 0 Å². The highest BCUT2D eigenvalue weighted by Gasteiger charge is 2.37. The number of hydrogen-bond donors (Lipinski definition) is 1. The fourth-order valence-electron chi connectivity index (χ4n) is 2.17. The quantitative estimate of drug-likeness (QED) is 0.461. The summed E-state index contributed by atoms with van der Waals surface area (Å²) < 4.78 is 36.0. The molecule has 116 valence electrons. The van der Waals surface area contributed by atoms with Gasteiger partial charge < -0.3 is 5.11 Å². The van der Waals surface area contributed by atoms with Crippen LogP contribution in [-0.4, -0.2) is 17.4 Å². The summed E-state index contributed by atoms with van der Waals surface area (Å²) in [6.07, 6.45) is 5.57. The van der Waals surface area contributed by atoms with Crippen molar-refractivity contribution in [1.82, 2.24) is 0 Å². The van der Waals surface area contributed by atoms with Crippen molar-refractivity contribution in [1.29, 1.82) is 0 Å². The number of aliphatic hydroxyl groups excluding tert-OH is 1. The van der Waals surface area contributed by atoms with E-state index in [-0.39, 0.29) is 6.42 Å². The highest BCUT2D eigenvalue weighted by atomic mass is 19.4. The normalized spacial score (nSPS) is 13.7. The van der Waals surface area contributed by atoms with Gasteiger partial charge in [-0.15, -0.1) is 0 Å². The molecule has 0 aromatic heterocycles. The molecular weight excluding hydrogens is 253 g/mol. The number of hydrogen-bond acceptors (Lipinski definition) is 1. The predicted molar refractivity (Wildman–Crippen MR) is 73.1 cm³/mol. The summed E-state index contributed by atoms with van der Waals surface area (Å²) in [6.45, 7) is 2.20. The first kappa shape index (κ1) is 18.8. The van der Waals surface area contributed by atoms with Crippen LogP contribution in [0.3, 0.4) is 0 Å². The van der Waals surface area contributed by atoms with E-state index in [0.29, 0.717) is 6.42 Å². The minimum Gasteiger partial charge on any atom is -0.384 e. The third kappa shape index (κ3) is 12.5. The Hall–Kier alpha value is -0.250. The zero-order valence-corrected chi connectivity index (χ0v) is 12.1. The van der Waals surface area contributed by atoms with Gasteiger partial charge in [-0.25, -0.2) is 0 Å². The molecule has 19 heavy (non-hydrogen) atoms. The van der Waals surface area contributed by atoms with Gasteiger partial charge in [-0.2, -0.15) is 13.2 Å². The first-order valence-corrected chi connectivity index (χ1v) is 7.73. The van der Waals surface area contributed by atoms with E-state index < -0.39 is 12.3 Å². The smallest absolute Gasteiger partial charge is 0.384 e. The molecular formula is C15H29F3O. The summed E-state index contributed by atoms with van der Waals surface area (Å²) in [7, 11) is 0. The second-order valence-corrected chi connectivity index (χ2v) is 5.38. The van der Waals surface area contributed by atoms with E-state index in [1.54, 1.807) is 0 Å². The van der Waals surface area contributed by atoms with Gasteiger partial charge in [0.2, 0.25) is 0 Å². The van der Waals surface area contributed by atoms with Crippen LogP contribution in [0, 0.1) is 0 Å². The maximum absolute atomic E-state index is 12.0. The first-order chi connectivity index (χ1) is 8.98. The molecule has 1 atom stereocenters. The lowest BCUT2D eigenvalue weighted by Crippen LogP contribution is -2.28. The van der Waals surface area contributed by atoms with E-state index in [1.807, 2.05) is 0 Å². The highest BCUT2D eigenvalue weighted by molar-refractivity contribution is 4.64. The predicted octanol–water partition coefficient (Wildman–Crippen LogP) is 5.61. The zero-order valence-electron chi connectivity index (χ0n) is 12.1. The Kier molecular flexibility index (Phi) is 11.4. The molecule has 0 radical (unpaired) electrons. The van der Waals surface area contributed by atoms with Crippen LogP contribution in [0.5, 0.6) is 0 Å². The van der Waals surface area contributed by atoms with Crippen LogP contribution in [0.15, 0.2) is 0 Å². The molecule has 0 saturated heterocycles. The number of aliphatic hydroxyl groups is 1. The lowest BCUT2D eigenvalue weighted by Gasteiger charge is -2.13. The van der Waals surface area contributed by atoms with Gasteiger partial charge in [-0.05, 0) is 6.42 Å². The number of alkyl halides is 3. The third-order valence-corrected chi connectivity index (χ3v) is 3.46. The molecule has 4 heteroatoms. The van der Waals surface area contributed by atoms with Crippen LogP contribution >= 0.6 is 0 Å². The van der Waals surface area contributed by atoms with Crippen molar-refractivity contribution in [3.63, 3.8) is 0 Å². The highest BCUT2D eigenvalue weighted by Crippen LogP contribution is 2.24. The third-order valence-electron chi connectivity index (χ3n) is 3.46. The van der Waals surface area contributed by atoms with E-state index in [9.17, 15) is 13.2 Å². The zero-order chi connectivity index (χ0) is 14.6. The molecule has 0 spiro atoms. The van der Waals surface area contributed by atoms with Crippen LogP contribution < -0.4 is 0 Å². The SMILES string of the molecule is CCCCCCCCCCCCCC(O)C(F)(F)F. The Labute approximate surface area is 115 Å². The summed E-state index contributed by atoms with van der Waals surface area (Å²) in [6, 6.07) is 0. The number of rotatable bonds is 12. The van der Waals surface area contributed by atoms with Crippen molar-refractivity contribution in [3.05, 3.63) is 0 Å². The Morgan fingerprint density at radius 1 is 0.737 bits per heavy atom. The van der Waals surface area contributed by atoms with Gasteiger partial charge in [0.1, 0.15) is 6.10 Å². The molecule has 0 heterocycles. The summed E-state index contributed by atoms with van der Waals surface area (Å²) in [5.41, 5.74) is 0. The molecule has 1 unspecified atom stereocenters. The van der Waals surface area contributed by atoms with Crippen molar-refractivity contribution in [3.8, 4) is 0 Å². The van der Waals surface area contributed by atoms with Gasteiger partial charge >= 0.3 is 6.18 Å². The molecule has 0 amide bonds. The summed E-state index contributed by atoms with van der Waals surface area (Å²) in [5.74, 6) is 0. The van der Waals surface area contributed by atoms with Crippen LogP contribution in [-0.2, 0) is 0 Å². The molecule has 0 aliphatic heterocycles. The average Bonchev–Trinajstić information content (AvgIpc) is 2.34. The van der Waals surface area contributed by atoms with E-state index in [4.69, 9.17) is 5.11 Å². The standard InChI is InChI=1S/C15H29F3O/c1-2-3-4-5-6-7-8-9-10-11-12-13-14(19)15(16,17)18/h14,19H,2-13H2,1H3. The van der Waals surface area contributed by atoms with E-state index in [1.165, 1.54) is 44.9 Å². The molecule has 0 saturated carbocycles. The molecule has 0 fully saturated rings. The van der Waals surface area contributed by atoms with Gasteiger partial charge in [-0.3, -0.25) is 0 Å². The topological polar surface area (TPSA) is 20.2 Å². The van der Waals surface area contributed by atoms with Gasteiger partial charge in [0.05, 0.1) is 0 Å². The average molecular weight is 282 g/mol. The minimum absolute atomic E-state index is 0.152. The van der Waals surface area contributed by atoms with E-state index >= 15 is 0 Å². The Morgan fingerprint density at radius 3 is 1.47 bits per heavy atom. The van der Waals surface area contributed by atoms with Crippen molar-refractivity contribution in [2.45, 2.75) is 96.3 Å². The fraction of sp³-hybridized carbons (Fsp3) is 1.00. The molecule has 0 aromatic carbocycles. The molecule has 0 bridgehead atoms. The Balaban J connectivity index is 3.15. The van der Waals surface area contributed by atoms with Gasteiger partial charge in [0.25, 0.3) is 0 Å². The van der Waals surface area contributed by atoms with Gasteiger partial charge in [-0.1, -0.05) is 77.6 Å². The van der Waals surface area contributed by atoms with Gasteiger partial charge in [0.15, 0.2) is 0 Å². The lowest BCUT2D eigenvalue weighted by molar-refractivity contribution is -0.205. The van der Waals surface area contributed by atoms with Crippen LogP contribution in [0.25, 0.3) is 0 Å². The maximum Gasteiger partial charge on any atom is 0.414 e. The largest absolute Gasteiger partial charge is 0.414 e. The minimum atomic E-state index is -4.45. The maximum atomic E-state index is 12.0. The first-order valence-electron chi connectivity index (χ1n) is 7.73. The van der Waals surface area contributed by atoms with Crippen molar-refractivity contribution in [2.24, 2.45) is 0 Å². The second-order valence-electron chi connectivity index (χ2n) is 5.38. The molecule has 1 N–H and O–H groups in total. The molecule has 0 aliphatic rings. The van der Waals surface area contributed by atoms with Crippen LogP contribution in [0.2, 0.25) is 0 Å². The lowest BCUT2D eigenvalue weighted by atomic mass is 10.0. The summed E-state index contributed by atoms with van der Waals surface area (Å²) in [5, 5.41) is 8.80. The Bertz CT molecular complexity index is 192. The molecule has 1 nitrogen and oxygen atoms in total. The molecule has 0 aliphatic carbocycles. The molecule has 0 aromatic rings. The van der Waals surface area contributed by atoms with Crippen molar-refractivity contribution < 1.29 is 18.3 Å². The number of halogens is 3. The van der Waals surface area contributed by atoms with Crippen LogP contribution in [0.1, 0.15) is 84.0 Å². The van der Waals surface area contributed by atoms with Crippen molar-refractivity contribution >= 4 is 0 Å². The van der Waals surface area contributed by atoms with E-state index in [2.05, 4.69) is 6.92 Å². The Morgan fingerprint density at radius 2 is 1.11 bits per heavy atom. The van der Waals surface area contributed by atoms with Crippen LogP contribution in [0.4, 0.5) is 13.2 Å². The summed E-state index contributed by atoms with van der Waals surface area (Å²) >= 11 is 0. The second kappa shape index (κ2) is 11.6. The van der Waals surface area contributed by atoms with Crippen molar-refractivity contribution in [2.75, 3.05) is 0 Å². The number of unbranched alkanes of at least 4 members (excludes halogenated alkanes) is 10. The monoisotopic (exact) mass is 282 g/mol. The molecule has 0 rings (SSSR count).